The van der Waals surface area contributed by atoms with Crippen molar-refractivity contribution in [2.45, 2.75) is 26.3 Å². The lowest BCUT2D eigenvalue weighted by Gasteiger charge is -2.27. The molecule has 0 saturated heterocycles. The van der Waals surface area contributed by atoms with Crippen LogP contribution in [0.1, 0.15) is 24.5 Å². The molecule has 0 atom stereocenters. The van der Waals surface area contributed by atoms with Crippen LogP contribution < -0.4 is 14.9 Å². The summed E-state index contributed by atoms with van der Waals surface area (Å²) < 4.78 is 25.5. The van der Waals surface area contributed by atoms with Gasteiger partial charge in [-0.15, -0.1) is 0 Å². The minimum atomic E-state index is -3.13. The standard InChI is InChI=1S/C15H25N3O2S/c1-3-17-21(19,20)10-8-16-12-13-6-7-15-14(11-13)5-4-9-18(15)2/h6-7,11,16-17H,3-5,8-10,12H2,1-2H3. The van der Waals surface area contributed by atoms with Gasteiger partial charge in [-0.05, 0) is 30.0 Å². The normalized spacial score (nSPS) is 15.0. The fourth-order valence-electron chi connectivity index (χ4n) is 2.68. The Morgan fingerprint density at radius 3 is 2.90 bits per heavy atom. The number of sulfonamides is 1. The minimum Gasteiger partial charge on any atom is -0.374 e. The van der Waals surface area contributed by atoms with Crippen LogP contribution in [0.2, 0.25) is 0 Å². The second kappa shape index (κ2) is 7.24. The Hall–Kier alpha value is -1.11. The summed E-state index contributed by atoms with van der Waals surface area (Å²) in [5.74, 6) is 0.120. The van der Waals surface area contributed by atoms with Gasteiger partial charge in [0.25, 0.3) is 0 Å². The number of fused-ring (bicyclic) bond motifs is 1. The first-order valence-corrected chi connectivity index (χ1v) is 9.18. The molecule has 5 nitrogen and oxygen atoms in total. The highest BCUT2D eigenvalue weighted by Gasteiger charge is 2.13. The minimum absolute atomic E-state index is 0.120. The van der Waals surface area contributed by atoms with E-state index in [4.69, 9.17) is 0 Å². The molecule has 6 heteroatoms. The number of anilines is 1. The lowest BCUT2D eigenvalue weighted by Crippen LogP contribution is -2.31. The highest BCUT2D eigenvalue weighted by atomic mass is 32.2. The molecule has 1 aliphatic heterocycles. The largest absolute Gasteiger partial charge is 0.374 e. The van der Waals surface area contributed by atoms with Gasteiger partial charge in [-0.2, -0.15) is 0 Å². The predicted octanol–water partition coefficient (Wildman–Crippen LogP) is 1.10. The van der Waals surface area contributed by atoms with Crippen molar-refractivity contribution in [3.63, 3.8) is 0 Å². The number of nitrogens with zero attached hydrogens (tertiary/aromatic N) is 1. The maximum Gasteiger partial charge on any atom is 0.212 e. The quantitative estimate of drug-likeness (QED) is 0.740. The first kappa shape index (κ1) is 16.3. The number of benzene rings is 1. The second-order valence-electron chi connectivity index (χ2n) is 5.48. The van der Waals surface area contributed by atoms with Crippen LogP contribution in [0.4, 0.5) is 5.69 Å². The van der Waals surface area contributed by atoms with Crippen molar-refractivity contribution in [2.75, 3.05) is 37.3 Å². The lowest BCUT2D eigenvalue weighted by atomic mass is 9.99. The van der Waals surface area contributed by atoms with Crippen molar-refractivity contribution >= 4 is 15.7 Å². The highest BCUT2D eigenvalue weighted by molar-refractivity contribution is 7.89. The Morgan fingerprint density at radius 1 is 1.33 bits per heavy atom. The van der Waals surface area contributed by atoms with E-state index in [1.54, 1.807) is 6.92 Å². The van der Waals surface area contributed by atoms with Gasteiger partial charge in [-0.1, -0.05) is 19.1 Å². The molecule has 0 aromatic heterocycles. The summed E-state index contributed by atoms with van der Waals surface area (Å²) in [4.78, 5) is 2.29. The van der Waals surface area contributed by atoms with Crippen molar-refractivity contribution in [3.05, 3.63) is 29.3 Å². The lowest BCUT2D eigenvalue weighted by molar-refractivity contribution is 0.578. The molecule has 21 heavy (non-hydrogen) atoms. The molecule has 118 valence electrons. The molecule has 0 amide bonds. The summed E-state index contributed by atoms with van der Waals surface area (Å²) in [5.41, 5.74) is 3.92. The Balaban J connectivity index is 1.84. The van der Waals surface area contributed by atoms with Gasteiger partial charge in [0, 0.05) is 38.9 Å². The summed E-state index contributed by atoms with van der Waals surface area (Å²) in [7, 11) is -1.00. The van der Waals surface area contributed by atoms with Gasteiger partial charge in [0.2, 0.25) is 10.0 Å². The molecule has 0 bridgehead atoms. The Kier molecular flexibility index (Phi) is 5.61. The summed E-state index contributed by atoms with van der Waals surface area (Å²) in [6.45, 7) is 4.52. The van der Waals surface area contributed by atoms with Gasteiger partial charge in [0.15, 0.2) is 0 Å². The van der Waals surface area contributed by atoms with E-state index in [9.17, 15) is 8.42 Å². The fourth-order valence-corrected chi connectivity index (χ4v) is 3.68. The monoisotopic (exact) mass is 311 g/mol. The molecular weight excluding hydrogens is 286 g/mol. The van der Waals surface area contributed by atoms with Crippen LogP contribution in [0, 0.1) is 0 Å². The molecular formula is C15H25N3O2S. The van der Waals surface area contributed by atoms with Crippen molar-refractivity contribution in [3.8, 4) is 0 Å². The van der Waals surface area contributed by atoms with Gasteiger partial charge in [-0.3, -0.25) is 0 Å². The molecule has 0 spiro atoms. The van der Waals surface area contributed by atoms with E-state index >= 15 is 0 Å². The summed E-state index contributed by atoms with van der Waals surface area (Å²) in [5, 5.41) is 3.20. The van der Waals surface area contributed by atoms with Gasteiger partial charge in [0.05, 0.1) is 5.75 Å². The van der Waals surface area contributed by atoms with Crippen LogP contribution in [-0.2, 0) is 23.0 Å². The average Bonchev–Trinajstić information content (AvgIpc) is 2.44. The molecule has 1 heterocycles. The van der Waals surface area contributed by atoms with Gasteiger partial charge in [-0.25, -0.2) is 13.1 Å². The number of rotatable bonds is 7. The van der Waals surface area contributed by atoms with Gasteiger partial charge >= 0.3 is 0 Å². The third-order valence-electron chi connectivity index (χ3n) is 3.74. The number of hydrogen-bond donors (Lipinski definition) is 2. The molecule has 1 aromatic rings. The molecule has 0 saturated carbocycles. The summed E-state index contributed by atoms with van der Waals surface area (Å²) in [6, 6.07) is 6.52. The Bertz CT molecular complexity index is 572. The predicted molar refractivity (Wildman–Crippen MR) is 87.2 cm³/mol. The smallest absolute Gasteiger partial charge is 0.212 e. The van der Waals surface area contributed by atoms with E-state index in [1.165, 1.54) is 23.2 Å². The number of nitrogens with one attached hydrogen (secondary N) is 2. The summed E-state index contributed by atoms with van der Waals surface area (Å²) >= 11 is 0. The van der Waals surface area contributed by atoms with E-state index in [-0.39, 0.29) is 5.75 Å². The zero-order valence-electron chi connectivity index (χ0n) is 12.9. The van der Waals surface area contributed by atoms with E-state index in [0.29, 0.717) is 19.6 Å². The topological polar surface area (TPSA) is 61.4 Å². The van der Waals surface area contributed by atoms with Crippen LogP contribution in [0.15, 0.2) is 18.2 Å². The third kappa shape index (κ3) is 4.69. The first-order chi connectivity index (χ1) is 10.0. The van der Waals surface area contributed by atoms with Crippen LogP contribution in [0.3, 0.4) is 0 Å². The molecule has 2 rings (SSSR count). The molecule has 0 radical (unpaired) electrons. The van der Waals surface area contributed by atoms with Crippen molar-refractivity contribution in [2.24, 2.45) is 0 Å². The molecule has 2 N–H and O–H groups in total. The van der Waals surface area contributed by atoms with Crippen molar-refractivity contribution in [1.29, 1.82) is 0 Å². The third-order valence-corrected chi connectivity index (χ3v) is 5.21. The molecule has 0 fully saturated rings. The highest BCUT2D eigenvalue weighted by Crippen LogP contribution is 2.26. The Labute approximate surface area is 127 Å². The second-order valence-corrected chi connectivity index (χ2v) is 7.41. The fraction of sp³-hybridized carbons (Fsp3) is 0.600. The van der Waals surface area contributed by atoms with E-state index in [2.05, 4.69) is 40.2 Å². The first-order valence-electron chi connectivity index (χ1n) is 7.53. The van der Waals surface area contributed by atoms with E-state index in [1.807, 2.05) is 0 Å². The molecule has 0 unspecified atom stereocenters. The number of aryl methyl sites for hydroxylation is 1. The molecule has 1 aromatic carbocycles. The maximum absolute atomic E-state index is 11.5. The van der Waals surface area contributed by atoms with E-state index < -0.39 is 10.0 Å². The molecule has 1 aliphatic rings. The van der Waals surface area contributed by atoms with Gasteiger partial charge in [0.1, 0.15) is 0 Å². The maximum atomic E-state index is 11.5. The summed E-state index contributed by atoms with van der Waals surface area (Å²) in [6.07, 6.45) is 2.32. The SMILES string of the molecule is CCNS(=O)(=O)CCNCc1ccc2c(c1)CCCN2C. The zero-order chi connectivity index (χ0) is 15.3. The van der Waals surface area contributed by atoms with E-state index in [0.717, 1.165) is 13.0 Å². The van der Waals surface area contributed by atoms with Crippen LogP contribution in [0.25, 0.3) is 0 Å². The van der Waals surface area contributed by atoms with Crippen molar-refractivity contribution in [1.82, 2.24) is 10.0 Å². The Morgan fingerprint density at radius 2 is 2.14 bits per heavy atom. The number of hydrogen-bond acceptors (Lipinski definition) is 4. The van der Waals surface area contributed by atoms with Crippen molar-refractivity contribution < 1.29 is 8.42 Å². The molecule has 0 aliphatic carbocycles. The zero-order valence-corrected chi connectivity index (χ0v) is 13.7. The van der Waals surface area contributed by atoms with Crippen LogP contribution in [0.5, 0.6) is 0 Å². The average molecular weight is 311 g/mol. The van der Waals surface area contributed by atoms with Gasteiger partial charge < -0.3 is 10.2 Å². The van der Waals surface area contributed by atoms with Crippen LogP contribution in [-0.4, -0.2) is 40.9 Å². The van der Waals surface area contributed by atoms with Crippen LogP contribution >= 0.6 is 0 Å².